The first kappa shape index (κ1) is 13.3. The molecule has 7 heteroatoms. The minimum Gasteiger partial charge on any atom is -0.353 e. The molecule has 0 radical (unpaired) electrons. The third-order valence-electron chi connectivity index (χ3n) is 3.48. The maximum atomic E-state index is 14.1. The van der Waals surface area contributed by atoms with Gasteiger partial charge in [0.25, 0.3) is 0 Å². The molecule has 106 valence electrons. The molecular formula is C13H15ClFN5. The average molecular weight is 296 g/mol. The lowest BCUT2D eigenvalue weighted by Crippen LogP contribution is -2.49. The number of nitrogens with zero attached hydrogens (tertiary/aromatic N) is 5. The molecule has 0 unspecified atom stereocenters. The first-order chi connectivity index (χ1) is 9.67. The summed E-state index contributed by atoms with van der Waals surface area (Å²) in [7, 11) is 0. The van der Waals surface area contributed by atoms with E-state index in [1.54, 1.807) is 12.4 Å². The standard InChI is InChI=1S/C13H15ClFN5/c1-2-11-12(15)13(17-8-16-11)19-4-9(5-19)6-20-7-10(14)3-18-20/h3,7-9H,2,4-6H2,1H3. The van der Waals surface area contributed by atoms with E-state index < -0.39 is 0 Å². The fourth-order valence-corrected chi connectivity index (χ4v) is 2.58. The van der Waals surface area contributed by atoms with Crippen LogP contribution in [0, 0.1) is 11.7 Å². The van der Waals surface area contributed by atoms with E-state index in [2.05, 4.69) is 15.1 Å². The van der Waals surface area contributed by atoms with Crippen molar-refractivity contribution in [1.82, 2.24) is 19.7 Å². The molecule has 0 saturated carbocycles. The van der Waals surface area contributed by atoms with E-state index in [0.29, 0.717) is 28.9 Å². The fourth-order valence-electron chi connectivity index (χ4n) is 2.42. The number of hydrogen-bond acceptors (Lipinski definition) is 4. The van der Waals surface area contributed by atoms with Crippen molar-refractivity contribution in [3.05, 3.63) is 35.3 Å². The highest BCUT2D eigenvalue weighted by molar-refractivity contribution is 6.30. The molecule has 2 aromatic rings. The molecule has 0 spiro atoms. The number of aryl methyl sites for hydroxylation is 1. The van der Waals surface area contributed by atoms with E-state index in [1.165, 1.54) is 6.33 Å². The van der Waals surface area contributed by atoms with Gasteiger partial charge in [-0.3, -0.25) is 4.68 Å². The summed E-state index contributed by atoms with van der Waals surface area (Å²) in [6, 6.07) is 0. The lowest BCUT2D eigenvalue weighted by Gasteiger charge is -2.40. The van der Waals surface area contributed by atoms with Crippen LogP contribution in [0.5, 0.6) is 0 Å². The molecule has 0 atom stereocenters. The van der Waals surface area contributed by atoms with Crippen molar-refractivity contribution < 1.29 is 4.39 Å². The van der Waals surface area contributed by atoms with Crippen molar-refractivity contribution in [2.24, 2.45) is 5.92 Å². The van der Waals surface area contributed by atoms with Crippen molar-refractivity contribution in [3.63, 3.8) is 0 Å². The predicted octanol–water partition coefficient (Wildman–Crippen LogP) is 2.16. The normalized spacial score (nSPS) is 15.4. The van der Waals surface area contributed by atoms with Gasteiger partial charge in [-0.05, 0) is 6.42 Å². The Balaban J connectivity index is 1.63. The van der Waals surface area contributed by atoms with Crippen LogP contribution in [0.3, 0.4) is 0 Å². The first-order valence-corrected chi connectivity index (χ1v) is 6.97. The highest BCUT2D eigenvalue weighted by Crippen LogP contribution is 2.27. The molecule has 1 saturated heterocycles. The van der Waals surface area contributed by atoms with Crippen molar-refractivity contribution in [2.45, 2.75) is 19.9 Å². The van der Waals surface area contributed by atoms with Crippen LogP contribution >= 0.6 is 11.6 Å². The molecule has 0 amide bonds. The van der Waals surface area contributed by atoms with Crippen LogP contribution in [0.25, 0.3) is 0 Å². The summed E-state index contributed by atoms with van der Waals surface area (Å²) >= 11 is 5.82. The van der Waals surface area contributed by atoms with Crippen LogP contribution in [0.1, 0.15) is 12.6 Å². The van der Waals surface area contributed by atoms with Crippen LogP contribution in [-0.4, -0.2) is 32.8 Å². The van der Waals surface area contributed by atoms with Gasteiger partial charge in [-0.1, -0.05) is 18.5 Å². The van der Waals surface area contributed by atoms with Gasteiger partial charge in [0.1, 0.15) is 6.33 Å². The summed E-state index contributed by atoms with van der Waals surface area (Å²) in [5.74, 6) is 0.549. The van der Waals surface area contributed by atoms with Crippen molar-refractivity contribution in [2.75, 3.05) is 18.0 Å². The lowest BCUT2D eigenvalue weighted by atomic mass is 10.00. The second kappa shape index (κ2) is 5.36. The third kappa shape index (κ3) is 2.47. The Bertz CT molecular complexity index is 609. The second-order valence-electron chi connectivity index (χ2n) is 4.96. The van der Waals surface area contributed by atoms with Gasteiger partial charge in [0.05, 0.1) is 16.9 Å². The minimum atomic E-state index is -0.296. The Morgan fingerprint density at radius 1 is 1.40 bits per heavy atom. The maximum absolute atomic E-state index is 14.1. The summed E-state index contributed by atoms with van der Waals surface area (Å²) in [6.45, 7) is 4.22. The molecule has 0 aliphatic carbocycles. The molecule has 1 aliphatic heterocycles. The quantitative estimate of drug-likeness (QED) is 0.867. The molecule has 0 aromatic carbocycles. The lowest BCUT2D eigenvalue weighted by molar-refractivity contribution is 0.336. The zero-order valence-electron chi connectivity index (χ0n) is 11.1. The molecule has 20 heavy (non-hydrogen) atoms. The monoisotopic (exact) mass is 295 g/mol. The number of aromatic nitrogens is 4. The van der Waals surface area contributed by atoms with E-state index in [9.17, 15) is 4.39 Å². The van der Waals surface area contributed by atoms with Crippen LogP contribution in [-0.2, 0) is 13.0 Å². The van der Waals surface area contributed by atoms with Gasteiger partial charge in [0.15, 0.2) is 11.6 Å². The Kier molecular flexibility index (Phi) is 3.56. The van der Waals surface area contributed by atoms with Crippen molar-refractivity contribution >= 4 is 17.4 Å². The summed E-state index contributed by atoms with van der Waals surface area (Å²) in [5, 5.41) is 4.78. The smallest absolute Gasteiger partial charge is 0.187 e. The van der Waals surface area contributed by atoms with E-state index in [0.717, 1.165) is 19.6 Å². The Morgan fingerprint density at radius 3 is 2.85 bits per heavy atom. The number of rotatable bonds is 4. The molecule has 1 aliphatic rings. The topological polar surface area (TPSA) is 46.8 Å². The Hall–Kier alpha value is -1.69. The van der Waals surface area contributed by atoms with Gasteiger partial charge in [-0.15, -0.1) is 0 Å². The average Bonchev–Trinajstić information content (AvgIpc) is 2.80. The SMILES string of the molecule is CCc1ncnc(N2CC(Cn3cc(Cl)cn3)C2)c1F. The molecule has 3 rings (SSSR count). The molecule has 0 bridgehead atoms. The zero-order valence-corrected chi connectivity index (χ0v) is 11.9. The van der Waals surface area contributed by atoms with Gasteiger partial charge in [0, 0.05) is 31.7 Å². The largest absolute Gasteiger partial charge is 0.353 e. The highest BCUT2D eigenvalue weighted by atomic mass is 35.5. The fraction of sp³-hybridized carbons (Fsp3) is 0.462. The summed E-state index contributed by atoms with van der Waals surface area (Å²) < 4.78 is 15.9. The molecule has 3 heterocycles. The highest BCUT2D eigenvalue weighted by Gasteiger charge is 2.30. The molecule has 1 fully saturated rings. The van der Waals surface area contributed by atoms with E-state index in [-0.39, 0.29) is 5.82 Å². The number of hydrogen-bond donors (Lipinski definition) is 0. The predicted molar refractivity (Wildman–Crippen MR) is 74.3 cm³/mol. The summed E-state index contributed by atoms with van der Waals surface area (Å²) in [4.78, 5) is 9.93. The van der Waals surface area contributed by atoms with Crippen LogP contribution < -0.4 is 4.90 Å². The van der Waals surface area contributed by atoms with Crippen LogP contribution in [0.15, 0.2) is 18.7 Å². The van der Waals surface area contributed by atoms with Crippen molar-refractivity contribution in [1.29, 1.82) is 0 Å². The second-order valence-corrected chi connectivity index (χ2v) is 5.40. The minimum absolute atomic E-state index is 0.296. The maximum Gasteiger partial charge on any atom is 0.187 e. The van der Waals surface area contributed by atoms with Gasteiger partial charge in [0.2, 0.25) is 0 Å². The van der Waals surface area contributed by atoms with Gasteiger partial charge in [-0.2, -0.15) is 5.10 Å². The van der Waals surface area contributed by atoms with Crippen LogP contribution in [0.4, 0.5) is 10.2 Å². The summed E-state index contributed by atoms with van der Waals surface area (Å²) in [6.07, 6.45) is 5.42. The molecular weight excluding hydrogens is 281 g/mol. The zero-order chi connectivity index (χ0) is 14.1. The third-order valence-corrected chi connectivity index (χ3v) is 3.68. The Labute approximate surface area is 121 Å². The Morgan fingerprint density at radius 2 is 2.20 bits per heavy atom. The van der Waals surface area contributed by atoms with Crippen LogP contribution in [0.2, 0.25) is 5.02 Å². The molecule has 2 aromatic heterocycles. The van der Waals surface area contributed by atoms with Gasteiger partial charge >= 0.3 is 0 Å². The van der Waals surface area contributed by atoms with Crippen molar-refractivity contribution in [3.8, 4) is 0 Å². The first-order valence-electron chi connectivity index (χ1n) is 6.59. The summed E-state index contributed by atoms with van der Waals surface area (Å²) in [5.41, 5.74) is 0.470. The van der Waals surface area contributed by atoms with Gasteiger partial charge in [-0.25, -0.2) is 14.4 Å². The van der Waals surface area contributed by atoms with E-state index in [4.69, 9.17) is 11.6 Å². The van der Waals surface area contributed by atoms with Gasteiger partial charge < -0.3 is 4.90 Å². The number of anilines is 1. The molecule has 5 nitrogen and oxygen atoms in total. The number of halogens is 2. The van der Waals surface area contributed by atoms with E-state index >= 15 is 0 Å². The molecule has 0 N–H and O–H groups in total. The van der Waals surface area contributed by atoms with E-state index in [1.807, 2.05) is 16.5 Å².